The maximum absolute atomic E-state index is 13.1. The van der Waals surface area contributed by atoms with Crippen LogP contribution in [0.25, 0.3) is 0 Å². The predicted octanol–water partition coefficient (Wildman–Crippen LogP) is 22.7. The molecule has 0 amide bonds. The molecule has 3 unspecified atom stereocenters. The van der Waals surface area contributed by atoms with Crippen molar-refractivity contribution < 1.29 is 80.2 Å². The molecule has 0 bridgehead atoms. The lowest BCUT2D eigenvalue weighted by Crippen LogP contribution is -2.30. The van der Waals surface area contributed by atoms with E-state index in [0.717, 1.165) is 108 Å². The summed E-state index contributed by atoms with van der Waals surface area (Å²) in [6, 6.07) is 0. The first kappa shape index (κ1) is 94.1. The predicted molar refractivity (Wildman–Crippen MR) is 391 cm³/mol. The third-order valence-corrected chi connectivity index (χ3v) is 20.2. The summed E-state index contributed by atoms with van der Waals surface area (Å²) in [5.41, 5.74) is 0. The third-order valence-electron chi connectivity index (χ3n) is 18.3. The highest BCUT2D eigenvalue weighted by atomic mass is 31.2. The molecule has 6 atom stereocenters. The SMILES string of the molecule is CCCCCCCCCCCCCCCCCCCCCCC(=O)O[C@H](COC(=O)CCCCCCCCCCCCCCCC(C)C)COP(=O)(O)OC[C@@H](O)COP(=O)(O)OC[C@@H](COC(=O)CCCCCCCCCC)OC(=O)CCCCCCCCCCC(C)CC. The van der Waals surface area contributed by atoms with Gasteiger partial charge in [-0.25, -0.2) is 9.13 Å². The average Bonchev–Trinajstić information content (AvgIpc) is 3.72. The number of phosphoric ester groups is 2. The van der Waals surface area contributed by atoms with Crippen LogP contribution in [0.3, 0.4) is 0 Å². The van der Waals surface area contributed by atoms with E-state index >= 15 is 0 Å². The molecule has 0 aliphatic carbocycles. The Kier molecular flexibility index (Phi) is 67.4. The summed E-state index contributed by atoms with van der Waals surface area (Å²) in [6.45, 7) is 9.59. The van der Waals surface area contributed by atoms with Gasteiger partial charge in [-0.3, -0.25) is 37.3 Å². The van der Waals surface area contributed by atoms with Crippen LogP contribution in [0.1, 0.15) is 401 Å². The van der Waals surface area contributed by atoms with Gasteiger partial charge >= 0.3 is 39.5 Å². The number of aliphatic hydroxyl groups excluding tert-OH is 1. The van der Waals surface area contributed by atoms with Crippen molar-refractivity contribution in [1.29, 1.82) is 0 Å². The Balaban J connectivity index is 5.20. The van der Waals surface area contributed by atoms with E-state index in [1.807, 2.05) is 0 Å². The number of phosphoric acid groups is 2. The highest BCUT2D eigenvalue weighted by Gasteiger charge is 2.30. The minimum absolute atomic E-state index is 0.105. The Labute approximate surface area is 588 Å². The molecule has 0 aromatic rings. The molecule has 0 radical (unpaired) electrons. The number of aliphatic hydroxyl groups is 1. The fourth-order valence-electron chi connectivity index (χ4n) is 11.8. The van der Waals surface area contributed by atoms with Crippen molar-refractivity contribution >= 4 is 39.5 Å². The van der Waals surface area contributed by atoms with Crippen molar-refractivity contribution in [3.05, 3.63) is 0 Å². The van der Waals surface area contributed by atoms with E-state index < -0.39 is 97.5 Å². The molecule has 0 aliphatic rings. The van der Waals surface area contributed by atoms with Gasteiger partial charge in [0.2, 0.25) is 0 Å². The van der Waals surface area contributed by atoms with E-state index in [1.165, 1.54) is 212 Å². The van der Waals surface area contributed by atoms with Gasteiger partial charge in [-0.15, -0.1) is 0 Å². The molecule has 0 aliphatic heterocycles. The topological polar surface area (TPSA) is 237 Å². The second-order valence-electron chi connectivity index (χ2n) is 28.5. The van der Waals surface area contributed by atoms with Crippen molar-refractivity contribution in [2.45, 2.75) is 419 Å². The van der Waals surface area contributed by atoms with Gasteiger partial charge in [0, 0.05) is 25.7 Å². The first-order valence-corrected chi connectivity index (χ1v) is 43.0. The van der Waals surface area contributed by atoms with Crippen LogP contribution in [0, 0.1) is 11.8 Å². The molecule has 0 rings (SSSR count). The largest absolute Gasteiger partial charge is 0.472 e. The Morgan fingerprint density at radius 3 is 0.792 bits per heavy atom. The molecule has 0 aromatic heterocycles. The zero-order chi connectivity index (χ0) is 70.7. The van der Waals surface area contributed by atoms with Gasteiger partial charge in [-0.1, -0.05) is 350 Å². The van der Waals surface area contributed by atoms with Gasteiger partial charge in [0.1, 0.15) is 19.3 Å². The van der Waals surface area contributed by atoms with Crippen LogP contribution in [0.15, 0.2) is 0 Å². The molecule has 0 fully saturated rings. The Hall–Kier alpha value is -1.94. The standard InChI is InChI=1S/C77H150O17P2/c1-7-10-12-14-16-18-19-20-21-22-23-24-25-26-29-33-36-43-49-55-61-76(81)93-73(66-88-75(80)60-54-48-42-35-32-30-27-28-31-34-39-45-51-57-69(4)5)68-92-96(85,86)90-64-71(78)63-89-95(83,84)91-67-72(65-87-74(79)59-53-47-41-17-15-13-11-8-2)94-77(82)62-56-50-44-38-37-40-46-52-58-70(6)9-3/h69-73,78H,7-68H2,1-6H3,(H,83,84)(H,85,86)/t70?,71-,72+,73+/m0/s1. The molecule has 0 spiro atoms. The second-order valence-corrected chi connectivity index (χ2v) is 31.4. The summed E-state index contributed by atoms with van der Waals surface area (Å²) in [7, 11) is -9.91. The molecule has 0 saturated heterocycles. The van der Waals surface area contributed by atoms with E-state index in [1.54, 1.807) is 0 Å². The summed E-state index contributed by atoms with van der Waals surface area (Å²) >= 11 is 0. The lowest BCUT2D eigenvalue weighted by molar-refractivity contribution is -0.161. The lowest BCUT2D eigenvalue weighted by atomic mass is 9.99. The number of esters is 4. The number of carbonyl (C=O) groups is 4. The molecule has 3 N–H and O–H groups in total. The van der Waals surface area contributed by atoms with Crippen LogP contribution in [0.4, 0.5) is 0 Å². The van der Waals surface area contributed by atoms with Crippen LogP contribution in [0.2, 0.25) is 0 Å². The molecular formula is C77H150O17P2. The molecule has 0 saturated carbocycles. The van der Waals surface area contributed by atoms with Crippen molar-refractivity contribution in [3.63, 3.8) is 0 Å². The van der Waals surface area contributed by atoms with E-state index in [4.69, 9.17) is 37.0 Å². The molecule has 0 aromatic carbocycles. The zero-order valence-corrected chi connectivity index (χ0v) is 64.5. The number of ether oxygens (including phenoxy) is 4. The van der Waals surface area contributed by atoms with Crippen LogP contribution in [-0.2, 0) is 65.4 Å². The fourth-order valence-corrected chi connectivity index (χ4v) is 13.4. The van der Waals surface area contributed by atoms with Gasteiger partial charge in [-0.05, 0) is 37.5 Å². The summed E-state index contributed by atoms with van der Waals surface area (Å²) in [6.07, 6.45) is 57.0. The first-order valence-electron chi connectivity index (χ1n) is 40.0. The first-order chi connectivity index (χ1) is 46.4. The summed E-state index contributed by atoms with van der Waals surface area (Å²) in [4.78, 5) is 72.7. The number of rotatable bonds is 76. The molecular weight excluding hydrogens is 1260 g/mol. The molecule has 19 heteroatoms. The minimum atomic E-state index is -4.96. The maximum Gasteiger partial charge on any atom is 0.472 e. The number of carbonyl (C=O) groups excluding carboxylic acids is 4. The van der Waals surface area contributed by atoms with Crippen molar-refractivity contribution in [1.82, 2.24) is 0 Å². The smallest absolute Gasteiger partial charge is 0.462 e. The van der Waals surface area contributed by atoms with Crippen molar-refractivity contribution in [2.24, 2.45) is 11.8 Å². The van der Waals surface area contributed by atoms with E-state index in [9.17, 15) is 43.2 Å². The molecule has 96 heavy (non-hydrogen) atoms. The summed E-state index contributed by atoms with van der Waals surface area (Å²) in [5.74, 6) is -0.558. The average molecular weight is 1410 g/mol. The fraction of sp³-hybridized carbons (Fsp3) is 0.948. The summed E-state index contributed by atoms with van der Waals surface area (Å²) < 4.78 is 68.5. The molecule has 17 nitrogen and oxygen atoms in total. The van der Waals surface area contributed by atoms with Gasteiger partial charge in [0.25, 0.3) is 0 Å². The third kappa shape index (κ3) is 69.2. The quantitative estimate of drug-likeness (QED) is 0.0222. The van der Waals surface area contributed by atoms with Gasteiger partial charge in [-0.2, -0.15) is 0 Å². The Bertz CT molecular complexity index is 1860. The highest BCUT2D eigenvalue weighted by Crippen LogP contribution is 2.45. The summed E-state index contributed by atoms with van der Waals surface area (Å²) in [5, 5.41) is 10.6. The number of hydrogen-bond donors (Lipinski definition) is 3. The van der Waals surface area contributed by atoms with Crippen LogP contribution < -0.4 is 0 Å². The normalized spacial score (nSPS) is 14.3. The zero-order valence-electron chi connectivity index (χ0n) is 62.7. The highest BCUT2D eigenvalue weighted by molar-refractivity contribution is 7.47. The van der Waals surface area contributed by atoms with Crippen LogP contribution in [-0.4, -0.2) is 96.7 Å². The van der Waals surface area contributed by atoms with E-state index in [2.05, 4.69) is 41.5 Å². The molecule has 570 valence electrons. The van der Waals surface area contributed by atoms with E-state index in [0.29, 0.717) is 25.7 Å². The van der Waals surface area contributed by atoms with E-state index in [-0.39, 0.29) is 25.7 Å². The number of hydrogen-bond acceptors (Lipinski definition) is 15. The van der Waals surface area contributed by atoms with Crippen molar-refractivity contribution in [2.75, 3.05) is 39.6 Å². The lowest BCUT2D eigenvalue weighted by Gasteiger charge is -2.21. The maximum atomic E-state index is 13.1. The molecule has 0 heterocycles. The Morgan fingerprint density at radius 2 is 0.531 bits per heavy atom. The van der Waals surface area contributed by atoms with Crippen LogP contribution >= 0.6 is 15.6 Å². The monoisotopic (exact) mass is 1410 g/mol. The number of unbranched alkanes of at least 4 members (excludes halogenated alkanes) is 45. The minimum Gasteiger partial charge on any atom is -0.462 e. The Morgan fingerprint density at radius 1 is 0.302 bits per heavy atom. The second kappa shape index (κ2) is 68.8. The van der Waals surface area contributed by atoms with Gasteiger partial charge in [0.15, 0.2) is 12.2 Å². The van der Waals surface area contributed by atoms with Crippen molar-refractivity contribution in [3.8, 4) is 0 Å². The van der Waals surface area contributed by atoms with Gasteiger partial charge in [0.05, 0.1) is 26.4 Å². The van der Waals surface area contributed by atoms with Gasteiger partial charge < -0.3 is 33.8 Å². The van der Waals surface area contributed by atoms with Crippen LogP contribution in [0.5, 0.6) is 0 Å².